The van der Waals surface area contributed by atoms with Gasteiger partial charge in [0, 0.05) is 16.6 Å². The molecule has 0 unspecified atom stereocenters. The summed E-state index contributed by atoms with van der Waals surface area (Å²) in [6.07, 6.45) is 6.49. The minimum absolute atomic E-state index is 0.144. The van der Waals surface area contributed by atoms with Gasteiger partial charge in [-0.25, -0.2) is 0 Å². The van der Waals surface area contributed by atoms with Crippen molar-refractivity contribution in [3.05, 3.63) is 45.3 Å². The average Bonchev–Trinajstić information content (AvgIpc) is 2.76. The monoisotopic (exact) mass is 330 g/mol. The van der Waals surface area contributed by atoms with Crippen molar-refractivity contribution in [3.8, 4) is 0 Å². The number of hydrogen-bond donors (Lipinski definition) is 2. The van der Waals surface area contributed by atoms with Crippen molar-refractivity contribution < 1.29 is 14.4 Å². The van der Waals surface area contributed by atoms with Crippen LogP contribution in [0.3, 0.4) is 0 Å². The average molecular weight is 331 g/mol. The van der Waals surface area contributed by atoms with E-state index in [1.54, 1.807) is 32.1 Å². The summed E-state index contributed by atoms with van der Waals surface area (Å²) in [4.78, 5) is 12.0. The molecule has 2 N–H and O–H groups in total. The Morgan fingerprint density at radius 2 is 2.19 bits per heavy atom. The van der Waals surface area contributed by atoms with E-state index in [1.165, 1.54) is 6.08 Å². The van der Waals surface area contributed by atoms with Gasteiger partial charge >= 0.3 is 0 Å². The normalized spacial score (nSPS) is 13.0. The standard InChI is InChI=1S/C14H16Cl2N2O3/c1-9(15)4-3-5-11(16)8-12-13(10(2)21-18-12)14(20)17-6-7-19/h3-5,8,19H,6-7H2,1-2H3,(H,17,20)/b5-3-,9-4+,11-8-. The Morgan fingerprint density at radius 1 is 1.48 bits per heavy atom. The Bertz CT molecular complexity index is 585. The van der Waals surface area contributed by atoms with Crippen molar-refractivity contribution in [3.63, 3.8) is 0 Å². The van der Waals surface area contributed by atoms with Gasteiger partial charge in [0.05, 0.1) is 6.61 Å². The maximum absolute atomic E-state index is 12.0. The van der Waals surface area contributed by atoms with Crippen molar-refractivity contribution in [1.82, 2.24) is 10.5 Å². The van der Waals surface area contributed by atoms with Gasteiger partial charge in [0.15, 0.2) is 0 Å². The number of aliphatic hydroxyl groups is 1. The van der Waals surface area contributed by atoms with Gasteiger partial charge in [-0.1, -0.05) is 34.4 Å². The summed E-state index contributed by atoms with van der Waals surface area (Å²) in [6.45, 7) is 3.38. The lowest BCUT2D eigenvalue weighted by molar-refractivity contribution is 0.0943. The van der Waals surface area contributed by atoms with Gasteiger partial charge in [-0.05, 0) is 32.1 Å². The van der Waals surface area contributed by atoms with Gasteiger partial charge in [-0.2, -0.15) is 0 Å². The van der Waals surface area contributed by atoms with Crippen LogP contribution in [0.15, 0.2) is 32.8 Å². The van der Waals surface area contributed by atoms with Crippen LogP contribution in [0.4, 0.5) is 0 Å². The van der Waals surface area contributed by atoms with E-state index in [2.05, 4.69) is 10.5 Å². The smallest absolute Gasteiger partial charge is 0.257 e. The van der Waals surface area contributed by atoms with Crippen LogP contribution in [0.1, 0.15) is 28.7 Å². The number of halogens is 2. The first-order valence-electron chi connectivity index (χ1n) is 6.18. The highest BCUT2D eigenvalue weighted by molar-refractivity contribution is 6.33. The fourth-order valence-corrected chi connectivity index (χ4v) is 1.72. The number of nitrogens with one attached hydrogen (secondary N) is 1. The van der Waals surface area contributed by atoms with Gasteiger partial charge in [0.1, 0.15) is 17.0 Å². The molecule has 7 heteroatoms. The number of aromatic nitrogens is 1. The number of allylic oxidation sites excluding steroid dienone is 5. The van der Waals surface area contributed by atoms with Crippen molar-refractivity contribution in [2.45, 2.75) is 13.8 Å². The van der Waals surface area contributed by atoms with Gasteiger partial charge < -0.3 is 14.9 Å². The second-order valence-electron chi connectivity index (χ2n) is 4.12. The van der Waals surface area contributed by atoms with E-state index in [1.807, 2.05) is 0 Å². The fraction of sp³-hybridized carbons (Fsp3) is 0.286. The third-order valence-electron chi connectivity index (χ3n) is 2.37. The molecule has 0 atom stereocenters. The Kier molecular flexibility index (Phi) is 7.22. The van der Waals surface area contributed by atoms with Crippen LogP contribution in [0.2, 0.25) is 0 Å². The Labute approximate surface area is 132 Å². The number of aryl methyl sites for hydroxylation is 1. The highest BCUT2D eigenvalue weighted by atomic mass is 35.5. The van der Waals surface area contributed by atoms with E-state index in [4.69, 9.17) is 32.8 Å². The summed E-state index contributed by atoms with van der Waals surface area (Å²) < 4.78 is 5.01. The molecule has 1 rings (SSSR count). The molecule has 1 amide bonds. The van der Waals surface area contributed by atoms with E-state index in [-0.39, 0.29) is 19.1 Å². The minimum atomic E-state index is -0.376. The molecule has 21 heavy (non-hydrogen) atoms. The molecular formula is C14H16Cl2N2O3. The summed E-state index contributed by atoms with van der Waals surface area (Å²) >= 11 is 11.7. The molecule has 1 heterocycles. The van der Waals surface area contributed by atoms with Crippen molar-refractivity contribution in [2.24, 2.45) is 0 Å². The fourth-order valence-electron chi connectivity index (χ4n) is 1.47. The van der Waals surface area contributed by atoms with E-state index < -0.39 is 0 Å². The van der Waals surface area contributed by atoms with Gasteiger partial charge in [0.2, 0.25) is 0 Å². The van der Waals surface area contributed by atoms with Gasteiger partial charge in [0.25, 0.3) is 5.91 Å². The maximum atomic E-state index is 12.0. The number of aliphatic hydroxyl groups excluding tert-OH is 1. The molecule has 0 radical (unpaired) electrons. The molecule has 0 spiro atoms. The molecule has 5 nitrogen and oxygen atoms in total. The number of nitrogens with zero attached hydrogens (tertiary/aromatic N) is 1. The third kappa shape index (κ3) is 5.75. The van der Waals surface area contributed by atoms with E-state index >= 15 is 0 Å². The lowest BCUT2D eigenvalue weighted by Gasteiger charge is -2.01. The Morgan fingerprint density at radius 3 is 2.81 bits per heavy atom. The van der Waals surface area contributed by atoms with Crippen molar-refractivity contribution in [1.29, 1.82) is 0 Å². The molecule has 0 fully saturated rings. The van der Waals surface area contributed by atoms with Crippen LogP contribution >= 0.6 is 23.2 Å². The number of carbonyl (C=O) groups is 1. The molecule has 1 aromatic heterocycles. The highest BCUT2D eigenvalue weighted by Crippen LogP contribution is 2.18. The molecule has 0 aliphatic heterocycles. The van der Waals surface area contributed by atoms with Crippen LogP contribution in [-0.2, 0) is 0 Å². The van der Waals surface area contributed by atoms with Crippen molar-refractivity contribution >= 4 is 35.2 Å². The zero-order valence-corrected chi connectivity index (χ0v) is 13.2. The maximum Gasteiger partial charge on any atom is 0.257 e. The minimum Gasteiger partial charge on any atom is -0.395 e. The molecule has 0 aliphatic rings. The summed E-state index contributed by atoms with van der Waals surface area (Å²) in [5.41, 5.74) is 0.614. The predicted octanol–water partition coefficient (Wildman–Crippen LogP) is 2.98. The number of hydrogen-bond acceptors (Lipinski definition) is 4. The van der Waals surface area contributed by atoms with E-state index in [9.17, 15) is 4.79 Å². The first-order chi connectivity index (χ1) is 9.95. The zero-order valence-electron chi connectivity index (χ0n) is 11.7. The molecule has 0 bridgehead atoms. The Balaban J connectivity index is 2.96. The zero-order chi connectivity index (χ0) is 15.8. The largest absolute Gasteiger partial charge is 0.395 e. The molecule has 0 aliphatic carbocycles. The molecule has 0 saturated heterocycles. The number of rotatable bonds is 6. The van der Waals surface area contributed by atoms with Crippen LogP contribution in [0.25, 0.3) is 6.08 Å². The first kappa shape index (κ1) is 17.5. The van der Waals surface area contributed by atoms with E-state index in [0.29, 0.717) is 27.1 Å². The quantitative estimate of drug-likeness (QED) is 0.786. The summed E-state index contributed by atoms with van der Waals surface area (Å²) in [5.74, 6) is 0.000583. The second kappa shape index (κ2) is 8.67. The molecule has 0 saturated carbocycles. The third-order valence-corrected chi connectivity index (χ3v) is 2.73. The highest BCUT2D eigenvalue weighted by Gasteiger charge is 2.18. The van der Waals surface area contributed by atoms with Gasteiger partial charge in [-0.15, -0.1) is 0 Å². The molecule has 1 aromatic rings. The van der Waals surface area contributed by atoms with Gasteiger partial charge in [-0.3, -0.25) is 4.79 Å². The number of carbonyl (C=O) groups excluding carboxylic acids is 1. The lowest BCUT2D eigenvalue weighted by atomic mass is 10.1. The van der Waals surface area contributed by atoms with Crippen LogP contribution in [0.5, 0.6) is 0 Å². The Hall–Kier alpha value is -1.56. The summed E-state index contributed by atoms with van der Waals surface area (Å²) in [5, 5.41) is 16.1. The number of amides is 1. The molecular weight excluding hydrogens is 315 g/mol. The van der Waals surface area contributed by atoms with E-state index in [0.717, 1.165) is 0 Å². The first-order valence-corrected chi connectivity index (χ1v) is 6.94. The topological polar surface area (TPSA) is 75.4 Å². The van der Waals surface area contributed by atoms with Crippen LogP contribution in [-0.4, -0.2) is 29.3 Å². The predicted molar refractivity (Wildman–Crippen MR) is 83.2 cm³/mol. The molecule has 0 aromatic carbocycles. The van der Waals surface area contributed by atoms with Crippen LogP contribution in [0, 0.1) is 6.92 Å². The van der Waals surface area contributed by atoms with Crippen LogP contribution < -0.4 is 5.32 Å². The second-order valence-corrected chi connectivity index (χ2v) is 5.15. The van der Waals surface area contributed by atoms with Crippen molar-refractivity contribution in [2.75, 3.05) is 13.2 Å². The molecule has 114 valence electrons. The summed E-state index contributed by atoms with van der Waals surface area (Å²) in [6, 6.07) is 0. The SMILES string of the molecule is C\C(Cl)=C/C=C\C(Cl)=C\c1noc(C)c1C(=O)NCCO. The lowest BCUT2D eigenvalue weighted by Crippen LogP contribution is -2.27. The summed E-state index contributed by atoms with van der Waals surface area (Å²) in [7, 11) is 0.